The third kappa shape index (κ3) is 3.42. The summed E-state index contributed by atoms with van der Waals surface area (Å²) in [6.07, 6.45) is 4.84. The Labute approximate surface area is 108 Å². The van der Waals surface area contributed by atoms with Crippen LogP contribution in [0.2, 0.25) is 0 Å². The van der Waals surface area contributed by atoms with Gasteiger partial charge in [0.05, 0.1) is 6.61 Å². The van der Waals surface area contributed by atoms with Crippen LogP contribution in [0.5, 0.6) is 0 Å². The molecule has 1 aromatic carbocycles. The number of hydrogen-bond acceptors (Lipinski definition) is 3. The number of rotatable bonds is 4. The maximum Gasteiger partial charge on any atom is 0.184 e. The lowest BCUT2D eigenvalue weighted by Crippen LogP contribution is -2.39. The Kier molecular flexibility index (Phi) is 4.93. The van der Waals surface area contributed by atoms with Gasteiger partial charge in [-0.3, -0.25) is 0 Å². The summed E-state index contributed by atoms with van der Waals surface area (Å²) in [7, 11) is 0. The topological polar surface area (TPSA) is 38.7 Å². The number of benzene rings is 1. The third-order valence-electron chi connectivity index (χ3n) is 2.93. The van der Waals surface area contributed by atoms with Crippen molar-refractivity contribution in [2.24, 2.45) is 0 Å². The first-order valence-electron chi connectivity index (χ1n) is 6.48. The zero-order chi connectivity index (χ0) is 12.8. The van der Waals surface area contributed by atoms with Gasteiger partial charge < -0.3 is 14.6 Å². The minimum absolute atomic E-state index is 0.282. The molecule has 3 atom stereocenters. The Morgan fingerprint density at radius 3 is 2.83 bits per heavy atom. The second kappa shape index (κ2) is 6.69. The van der Waals surface area contributed by atoms with Crippen molar-refractivity contribution < 1.29 is 14.6 Å². The highest BCUT2D eigenvalue weighted by Crippen LogP contribution is 2.26. The summed E-state index contributed by atoms with van der Waals surface area (Å²) in [4.78, 5) is 0. The maximum absolute atomic E-state index is 9.83. The third-order valence-corrected chi connectivity index (χ3v) is 2.93. The Bertz CT molecular complexity index is 375. The van der Waals surface area contributed by atoms with Crippen LogP contribution in [-0.2, 0) is 9.47 Å². The lowest BCUT2D eigenvalue weighted by molar-refractivity contribution is -0.243. The first-order chi connectivity index (χ1) is 8.81. The van der Waals surface area contributed by atoms with Crippen molar-refractivity contribution in [1.82, 2.24) is 0 Å². The summed E-state index contributed by atoms with van der Waals surface area (Å²) >= 11 is 0. The normalized spacial score (nSPS) is 28.7. The van der Waals surface area contributed by atoms with Crippen molar-refractivity contribution in [2.45, 2.75) is 38.3 Å². The van der Waals surface area contributed by atoms with Crippen LogP contribution in [0.4, 0.5) is 0 Å². The van der Waals surface area contributed by atoms with Crippen LogP contribution in [0.1, 0.15) is 31.6 Å². The van der Waals surface area contributed by atoms with Gasteiger partial charge in [-0.25, -0.2) is 0 Å². The molecule has 1 saturated heterocycles. The monoisotopic (exact) mass is 248 g/mol. The van der Waals surface area contributed by atoms with E-state index in [2.05, 4.69) is 13.0 Å². The molecule has 1 aliphatic rings. The molecule has 0 saturated carbocycles. The summed E-state index contributed by atoms with van der Waals surface area (Å²) in [6.45, 7) is 2.43. The molecule has 1 fully saturated rings. The lowest BCUT2D eigenvalue weighted by atomic mass is 10.1. The van der Waals surface area contributed by atoms with Crippen molar-refractivity contribution >= 4 is 0 Å². The molecule has 0 spiro atoms. The van der Waals surface area contributed by atoms with E-state index in [4.69, 9.17) is 9.47 Å². The first kappa shape index (κ1) is 13.3. The van der Waals surface area contributed by atoms with E-state index in [1.807, 2.05) is 36.4 Å². The molecule has 98 valence electrons. The van der Waals surface area contributed by atoms with Gasteiger partial charge in [-0.05, 0) is 6.42 Å². The largest absolute Gasteiger partial charge is 0.388 e. The zero-order valence-electron chi connectivity index (χ0n) is 10.7. The highest BCUT2D eigenvalue weighted by molar-refractivity contribution is 5.16. The number of allylic oxidation sites excluding steroid dienone is 1. The Balaban J connectivity index is 2.00. The standard InChI is InChI=1S/C15H20O3/c1-2-3-5-10-14-13(16)11-17-15(18-14)12-8-6-4-7-9-12/h4-10,13-16H,2-3,11H2,1H3/t13-,14-,15?/m1/s1. The van der Waals surface area contributed by atoms with E-state index < -0.39 is 6.10 Å². The summed E-state index contributed by atoms with van der Waals surface area (Å²) in [6, 6.07) is 9.80. The molecule has 0 amide bonds. The fourth-order valence-electron chi connectivity index (χ4n) is 1.91. The van der Waals surface area contributed by atoms with Crippen LogP contribution in [-0.4, -0.2) is 23.9 Å². The zero-order valence-corrected chi connectivity index (χ0v) is 10.7. The molecule has 3 nitrogen and oxygen atoms in total. The van der Waals surface area contributed by atoms with E-state index in [0.29, 0.717) is 6.61 Å². The molecule has 1 unspecified atom stereocenters. The molecule has 2 rings (SSSR count). The number of unbranched alkanes of at least 4 members (excludes halogenated alkanes) is 1. The van der Waals surface area contributed by atoms with Gasteiger partial charge in [-0.1, -0.05) is 55.8 Å². The summed E-state index contributed by atoms with van der Waals surface area (Å²) in [5.41, 5.74) is 0.985. The van der Waals surface area contributed by atoms with E-state index in [0.717, 1.165) is 18.4 Å². The quantitative estimate of drug-likeness (QED) is 0.833. The van der Waals surface area contributed by atoms with E-state index in [9.17, 15) is 5.11 Å². The molecule has 0 radical (unpaired) electrons. The molecule has 3 heteroatoms. The molecular weight excluding hydrogens is 228 g/mol. The molecule has 18 heavy (non-hydrogen) atoms. The molecule has 0 bridgehead atoms. The van der Waals surface area contributed by atoms with Crippen LogP contribution >= 0.6 is 0 Å². The predicted octanol–water partition coefficient (Wildman–Crippen LogP) is 2.82. The van der Waals surface area contributed by atoms with E-state index in [1.165, 1.54) is 0 Å². The Hall–Kier alpha value is -1.16. The second-order valence-electron chi connectivity index (χ2n) is 4.46. The van der Waals surface area contributed by atoms with Gasteiger partial charge in [0.1, 0.15) is 12.2 Å². The van der Waals surface area contributed by atoms with Crippen molar-refractivity contribution in [2.75, 3.05) is 6.61 Å². The first-order valence-corrected chi connectivity index (χ1v) is 6.48. The average molecular weight is 248 g/mol. The molecule has 1 aliphatic heterocycles. The lowest BCUT2D eigenvalue weighted by Gasteiger charge is -2.32. The molecule has 0 aliphatic carbocycles. The van der Waals surface area contributed by atoms with Gasteiger partial charge in [0.2, 0.25) is 0 Å². The van der Waals surface area contributed by atoms with Crippen LogP contribution in [0, 0.1) is 0 Å². The average Bonchev–Trinajstić information content (AvgIpc) is 2.42. The van der Waals surface area contributed by atoms with Gasteiger partial charge >= 0.3 is 0 Å². The van der Waals surface area contributed by atoms with E-state index in [-0.39, 0.29) is 12.4 Å². The van der Waals surface area contributed by atoms with Crippen LogP contribution < -0.4 is 0 Å². The highest BCUT2D eigenvalue weighted by atomic mass is 16.7. The van der Waals surface area contributed by atoms with Gasteiger partial charge in [0.25, 0.3) is 0 Å². The molecular formula is C15H20O3. The molecule has 1 N–H and O–H groups in total. The summed E-state index contributed by atoms with van der Waals surface area (Å²) in [5.74, 6) is 0. The van der Waals surface area contributed by atoms with E-state index >= 15 is 0 Å². The van der Waals surface area contributed by atoms with Gasteiger partial charge in [0.15, 0.2) is 6.29 Å². The van der Waals surface area contributed by atoms with Crippen LogP contribution in [0.3, 0.4) is 0 Å². The summed E-state index contributed by atoms with van der Waals surface area (Å²) in [5, 5.41) is 9.83. The van der Waals surface area contributed by atoms with E-state index in [1.54, 1.807) is 0 Å². The SMILES string of the molecule is CCCC=C[C@H]1OC(c2ccccc2)OC[C@H]1O. The van der Waals surface area contributed by atoms with Crippen molar-refractivity contribution in [3.05, 3.63) is 48.0 Å². The van der Waals surface area contributed by atoms with Gasteiger partial charge in [0, 0.05) is 5.56 Å². The van der Waals surface area contributed by atoms with Crippen LogP contribution in [0.25, 0.3) is 0 Å². The van der Waals surface area contributed by atoms with Gasteiger partial charge in [-0.2, -0.15) is 0 Å². The highest BCUT2D eigenvalue weighted by Gasteiger charge is 2.29. The minimum Gasteiger partial charge on any atom is -0.388 e. The van der Waals surface area contributed by atoms with Crippen molar-refractivity contribution in [1.29, 1.82) is 0 Å². The predicted molar refractivity (Wildman–Crippen MR) is 70.1 cm³/mol. The number of ether oxygens (including phenoxy) is 2. The second-order valence-corrected chi connectivity index (χ2v) is 4.46. The van der Waals surface area contributed by atoms with Gasteiger partial charge in [-0.15, -0.1) is 0 Å². The number of aliphatic hydroxyl groups is 1. The summed E-state index contributed by atoms with van der Waals surface area (Å²) < 4.78 is 11.3. The minimum atomic E-state index is -0.585. The van der Waals surface area contributed by atoms with Crippen molar-refractivity contribution in [3.63, 3.8) is 0 Å². The van der Waals surface area contributed by atoms with Crippen molar-refractivity contribution in [3.8, 4) is 0 Å². The number of aliphatic hydroxyl groups excluding tert-OH is 1. The smallest absolute Gasteiger partial charge is 0.184 e. The molecule has 0 aromatic heterocycles. The fourth-order valence-corrected chi connectivity index (χ4v) is 1.91. The Morgan fingerprint density at radius 1 is 1.33 bits per heavy atom. The fraction of sp³-hybridized carbons (Fsp3) is 0.467. The number of hydrogen-bond donors (Lipinski definition) is 1. The Morgan fingerprint density at radius 2 is 2.11 bits per heavy atom. The molecule has 1 aromatic rings. The molecule has 1 heterocycles. The van der Waals surface area contributed by atoms with Crippen LogP contribution in [0.15, 0.2) is 42.5 Å². The maximum atomic E-state index is 9.83.